The number of nitro benzene ring substituents is 1. The van der Waals surface area contributed by atoms with Crippen molar-refractivity contribution < 1.29 is 9.72 Å². The average Bonchev–Trinajstić information content (AvgIpc) is 2.76. The van der Waals surface area contributed by atoms with Crippen molar-refractivity contribution in [2.45, 2.75) is 32.6 Å². The van der Waals surface area contributed by atoms with E-state index in [2.05, 4.69) is 5.32 Å². The van der Waals surface area contributed by atoms with Crippen LogP contribution in [0.5, 0.6) is 0 Å². The van der Waals surface area contributed by atoms with Crippen molar-refractivity contribution in [2.24, 2.45) is 0 Å². The van der Waals surface area contributed by atoms with Crippen molar-refractivity contribution in [3.05, 3.63) is 33.9 Å². The highest BCUT2D eigenvalue weighted by molar-refractivity contribution is 5.95. The molecular weight excluding hydrogens is 270 g/mol. The molecule has 6 nitrogen and oxygen atoms in total. The van der Waals surface area contributed by atoms with Gasteiger partial charge in [0.05, 0.1) is 4.92 Å². The predicted molar refractivity (Wildman–Crippen MR) is 81.6 cm³/mol. The minimum Gasteiger partial charge on any atom is -0.380 e. The number of hydrogen-bond acceptors (Lipinski definition) is 4. The number of amides is 1. The van der Waals surface area contributed by atoms with E-state index in [1.165, 1.54) is 6.07 Å². The molecule has 114 valence electrons. The lowest BCUT2D eigenvalue weighted by Gasteiger charge is -2.20. The third kappa shape index (κ3) is 3.71. The first-order valence-electron chi connectivity index (χ1n) is 7.45. The molecule has 2 rings (SSSR count). The van der Waals surface area contributed by atoms with Crippen LogP contribution in [-0.4, -0.2) is 35.4 Å². The van der Waals surface area contributed by atoms with Gasteiger partial charge in [0.25, 0.3) is 11.6 Å². The van der Waals surface area contributed by atoms with Crippen molar-refractivity contribution in [3.63, 3.8) is 0 Å². The molecule has 1 saturated heterocycles. The Labute approximate surface area is 124 Å². The second-order valence-corrected chi connectivity index (χ2v) is 5.23. The maximum absolute atomic E-state index is 12.5. The summed E-state index contributed by atoms with van der Waals surface area (Å²) in [6.07, 6.45) is 4.29. The fourth-order valence-electron chi connectivity index (χ4n) is 2.61. The maximum Gasteiger partial charge on any atom is 0.293 e. The summed E-state index contributed by atoms with van der Waals surface area (Å²) >= 11 is 0. The van der Waals surface area contributed by atoms with Gasteiger partial charge in [-0.1, -0.05) is 12.8 Å². The first-order chi connectivity index (χ1) is 10.1. The molecule has 0 saturated carbocycles. The van der Waals surface area contributed by atoms with Gasteiger partial charge in [0, 0.05) is 31.3 Å². The highest BCUT2D eigenvalue weighted by atomic mass is 16.6. The van der Waals surface area contributed by atoms with Gasteiger partial charge >= 0.3 is 0 Å². The fraction of sp³-hybridized carbons (Fsp3) is 0.533. The summed E-state index contributed by atoms with van der Waals surface area (Å²) in [6.45, 7) is 3.95. The third-order valence-electron chi connectivity index (χ3n) is 3.70. The number of carbonyl (C=O) groups is 1. The number of carbonyl (C=O) groups excluding carboxylic acids is 1. The Morgan fingerprint density at radius 1 is 1.29 bits per heavy atom. The second-order valence-electron chi connectivity index (χ2n) is 5.23. The van der Waals surface area contributed by atoms with Crippen LogP contribution in [0.2, 0.25) is 0 Å². The van der Waals surface area contributed by atoms with Gasteiger partial charge in [0.1, 0.15) is 5.69 Å². The van der Waals surface area contributed by atoms with E-state index in [0.29, 0.717) is 17.8 Å². The summed E-state index contributed by atoms with van der Waals surface area (Å²) in [4.78, 5) is 25.0. The third-order valence-corrected chi connectivity index (χ3v) is 3.70. The molecule has 1 aromatic rings. The minimum atomic E-state index is -0.447. The first-order valence-corrected chi connectivity index (χ1v) is 7.45. The number of anilines is 1. The lowest BCUT2D eigenvalue weighted by molar-refractivity contribution is -0.384. The molecule has 0 aliphatic carbocycles. The lowest BCUT2D eigenvalue weighted by atomic mass is 10.1. The van der Waals surface area contributed by atoms with Crippen LogP contribution >= 0.6 is 0 Å². The monoisotopic (exact) mass is 291 g/mol. The second kappa shape index (κ2) is 7.06. The van der Waals surface area contributed by atoms with Crippen LogP contribution in [0.15, 0.2) is 18.2 Å². The summed E-state index contributed by atoms with van der Waals surface area (Å²) in [5.74, 6) is -0.108. The zero-order chi connectivity index (χ0) is 15.2. The molecule has 1 N–H and O–H groups in total. The summed E-state index contributed by atoms with van der Waals surface area (Å²) in [6, 6.07) is 4.66. The van der Waals surface area contributed by atoms with Gasteiger partial charge in [0.2, 0.25) is 0 Å². The number of nitro groups is 1. The van der Waals surface area contributed by atoms with Gasteiger partial charge in [-0.2, -0.15) is 0 Å². The van der Waals surface area contributed by atoms with E-state index in [1.54, 1.807) is 17.0 Å². The smallest absolute Gasteiger partial charge is 0.293 e. The van der Waals surface area contributed by atoms with Crippen LogP contribution in [-0.2, 0) is 0 Å². The van der Waals surface area contributed by atoms with E-state index in [-0.39, 0.29) is 11.6 Å². The lowest BCUT2D eigenvalue weighted by Crippen LogP contribution is -2.31. The van der Waals surface area contributed by atoms with Gasteiger partial charge < -0.3 is 10.2 Å². The van der Waals surface area contributed by atoms with E-state index >= 15 is 0 Å². The predicted octanol–water partition coefficient (Wildman–Crippen LogP) is 3.04. The first kappa shape index (κ1) is 15.3. The number of likely N-dealkylation sites (tertiary alicyclic amines) is 1. The molecule has 1 aliphatic heterocycles. The number of rotatable bonds is 4. The Morgan fingerprint density at radius 2 is 1.95 bits per heavy atom. The molecule has 1 aliphatic rings. The molecule has 0 unspecified atom stereocenters. The van der Waals surface area contributed by atoms with Crippen molar-refractivity contribution in [2.75, 3.05) is 25.0 Å². The zero-order valence-electron chi connectivity index (χ0n) is 12.3. The largest absolute Gasteiger partial charge is 0.380 e. The fourth-order valence-corrected chi connectivity index (χ4v) is 2.61. The van der Waals surface area contributed by atoms with Crippen LogP contribution in [0.4, 0.5) is 11.4 Å². The summed E-state index contributed by atoms with van der Waals surface area (Å²) in [5.41, 5.74) is 0.803. The quantitative estimate of drug-likeness (QED) is 0.683. The number of benzene rings is 1. The van der Waals surface area contributed by atoms with Crippen molar-refractivity contribution in [1.29, 1.82) is 0 Å². The van der Waals surface area contributed by atoms with Crippen LogP contribution in [0, 0.1) is 10.1 Å². The molecule has 1 fully saturated rings. The van der Waals surface area contributed by atoms with Gasteiger partial charge in [0.15, 0.2) is 0 Å². The van der Waals surface area contributed by atoms with Crippen molar-refractivity contribution in [1.82, 2.24) is 4.90 Å². The average molecular weight is 291 g/mol. The Morgan fingerprint density at radius 3 is 2.52 bits per heavy atom. The SMILES string of the molecule is CCNc1ccc(C(=O)N2CCCCCC2)cc1[N+](=O)[O-]. The maximum atomic E-state index is 12.5. The van der Waals surface area contributed by atoms with Crippen molar-refractivity contribution >= 4 is 17.3 Å². The van der Waals surface area contributed by atoms with Gasteiger partial charge in [-0.3, -0.25) is 14.9 Å². The number of nitrogens with zero attached hydrogens (tertiary/aromatic N) is 2. The summed E-state index contributed by atoms with van der Waals surface area (Å²) < 4.78 is 0. The van der Waals surface area contributed by atoms with Crippen molar-refractivity contribution in [3.8, 4) is 0 Å². The molecule has 0 spiro atoms. The Bertz CT molecular complexity index is 523. The Kier molecular flexibility index (Phi) is 5.14. The van der Waals surface area contributed by atoms with Crippen LogP contribution in [0.3, 0.4) is 0 Å². The molecule has 0 bridgehead atoms. The highest BCUT2D eigenvalue weighted by Gasteiger charge is 2.21. The minimum absolute atomic E-state index is 0.0440. The van der Waals surface area contributed by atoms with E-state index in [4.69, 9.17) is 0 Å². The summed E-state index contributed by atoms with van der Waals surface area (Å²) in [5, 5.41) is 14.1. The summed E-state index contributed by atoms with van der Waals surface area (Å²) in [7, 11) is 0. The van der Waals surface area contributed by atoms with E-state index in [0.717, 1.165) is 38.8 Å². The molecule has 0 atom stereocenters. The Balaban J connectivity index is 2.24. The standard InChI is InChI=1S/C15H21N3O3/c1-2-16-13-8-7-12(11-14(13)18(20)21)15(19)17-9-5-3-4-6-10-17/h7-8,11,16H,2-6,9-10H2,1H3. The van der Waals surface area contributed by atoms with Gasteiger partial charge in [-0.05, 0) is 31.9 Å². The van der Waals surface area contributed by atoms with Crippen LogP contribution in [0.1, 0.15) is 43.0 Å². The van der Waals surface area contributed by atoms with Crippen LogP contribution < -0.4 is 5.32 Å². The molecule has 21 heavy (non-hydrogen) atoms. The van der Waals surface area contributed by atoms with E-state index in [9.17, 15) is 14.9 Å². The number of nitrogens with one attached hydrogen (secondary N) is 1. The molecular formula is C15H21N3O3. The molecule has 0 radical (unpaired) electrons. The number of hydrogen-bond donors (Lipinski definition) is 1. The highest BCUT2D eigenvalue weighted by Crippen LogP contribution is 2.26. The molecule has 1 heterocycles. The van der Waals surface area contributed by atoms with Crippen LogP contribution in [0.25, 0.3) is 0 Å². The molecule has 0 aromatic heterocycles. The molecule has 1 aromatic carbocycles. The normalized spacial score (nSPS) is 15.4. The zero-order valence-corrected chi connectivity index (χ0v) is 12.3. The molecule has 1 amide bonds. The molecule has 6 heteroatoms. The van der Waals surface area contributed by atoms with Gasteiger partial charge in [-0.25, -0.2) is 0 Å². The van der Waals surface area contributed by atoms with E-state index in [1.807, 2.05) is 6.92 Å². The van der Waals surface area contributed by atoms with E-state index < -0.39 is 4.92 Å². The topological polar surface area (TPSA) is 75.5 Å². The van der Waals surface area contributed by atoms with Gasteiger partial charge in [-0.15, -0.1) is 0 Å². The Hall–Kier alpha value is -2.11.